The summed E-state index contributed by atoms with van der Waals surface area (Å²) in [6.07, 6.45) is -4.79. The first kappa shape index (κ1) is 27.4. The second-order valence-corrected chi connectivity index (χ2v) is 9.07. The molecule has 0 unspecified atom stereocenters. The number of tetrazole rings is 1. The molecule has 16 heteroatoms. The second-order valence-electron chi connectivity index (χ2n) is 7.82. The highest BCUT2D eigenvalue weighted by Crippen LogP contribution is 2.31. The number of para-hydroxylation sites is 1. The molecule has 38 heavy (non-hydrogen) atoms. The van der Waals surface area contributed by atoms with Crippen LogP contribution in [0.25, 0.3) is 5.69 Å². The van der Waals surface area contributed by atoms with E-state index in [1.165, 1.54) is 31.3 Å². The van der Waals surface area contributed by atoms with Crippen LogP contribution in [0.3, 0.4) is 0 Å². The number of carbonyl (C=O) groups is 2. The maximum Gasteiger partial charge on any atom is 0.455 e. The predicted octanol–water partition coefficient (Wildman–Crippen LogP) is 4.81. The summed E-state index contributed by atoms with van der Waals surface area (Å²) < 4.78 is 39.8. The molecule has 10 nitrogen and oxygen atoms in total. The third kappa shape index (κ3) is 5.59. The smallest absolute Gasteiger partial charge is 0.355 e. The lowest BCUT2D eigenvalue weighted by atomic mass is 10.1. The Morgan fingerprint density at radius 2 is 1.71 bits per heavy atom. The SMILES string of the molecule is CNC(=O)c1cc(Cl)cc(C)c1NC(=O)c1cc(Cn2nnc(C(F)(F)F)n2)nn1-c1c(Cl)cccc1Cl. The quantitative estimate of drug-likeness (QED) is 0.334. The normalized spacial score (nSPS) is 11.5. The van der Waals surface area contributed by atoms with E-state index in [0.29, 0.717) is 10.4 Å². The monoisotopic (exact) mass is 586 g/mol. The summed E-state index contributed by atoms with van der Waals surface area (Å²) in [4.78, 5) is 26.6. The Kier molecular flexibility index (Phi) is 7.63. The molecular formula is C22H16Cl3F3N8O2. The summed E-state index contributed by atoms with van der Waals surface area (Å²) in [6.45, 7) is 1.29. The average molecular weight is 588 g/mol. The van der Waals surface area contributed by atoms with E-state index >= 15 is 0 Å². The van der Waals surface area contributed by atoms with Gasteiger partial charge in [-0.25, -0.2) is 4.68 Å². The number of benzene rings is 2. The Morgan fingerprint density at radius 3 is 2.32 bits per heavy atom. The first-order chi connectivity index (χ1) is 17.9. The first-order valence-corrected chi connectivity index (χ1v) is 11.7. The standard InChI is InChI=1S/C22H16Cl3F3N8O2/c1-10-6-11(23)7-13(19(37)29-2)17(10)30-20(38)16-8-12(9-35-33-21(31-34-35)22(26,27)28)32-36(16)18-14(24)4-3-5-15(18)25/h3-8H,9H2,1-2H3,(H,29,37)(H,30,38). The molecular weight excluding hydrogens is 572 g/mol. The number of hydrogen-bond donors (Lipinski definition) is 2. The molecule has 0 fully saturated rings. The fourth-order valence-electron chi connectivity index (χ4n) is 3.50. The van der Waals surface area contributed by atoms with Crippen LogP contribution in [0, 0.1) is 6.92 Å². The van der Waals surface area contributed by atoms with Gasteiger partial charge in [-0.1, -0.05) is 40.9 Å². The van der Waals surface area contributed by atoms with Crippen LogP contribution in [0.4, 0.5) is 18.9 Å². The Morgan fingerprint density at radius 1 is 1.03 bits per heavy atom. The number of hydrogen-bond acceptors (Lipinski definition) is 6. The lowest BCUT2D eigenvalue weighted by molar-refractivity contribution is -0.145. The summed E-state index contributed by atoms with van der Waals surface area (Å²) in [6, 6.07) is 8.89. The minimum absolute atomic E-state index is 0.0941. The Hall–Kier alpha value is -3.68. The van der Waals surface area contributed by atoms with E-state index in [1.807, 2.05) is 0 Å². The van der Waals surface area contributed by atoms with Crippen LogP contribution < -0.4 is 10.6 Å². The van der Waals surface area contributed by atoms with E-state index in [-0.39, 0.29) is 49.9 Å². The lowest BCUT2D eigenvalue weighted by Gasteiger charge is -2.15. The van der Waals surface area contributed by atoms with Crippen molar-refractivity contribution in [2.24, 2.45) is 0 Å². The second kappa shape index (κ2) is 10.6. The number of anilines is 1. The highest BCUT2D eigenvalue weighted by Gasteiger charge is 2.37. The van der Waals surface area contributed by atoms with Gasteiger partial charge in [0.25, 0.3) is 17.6 Å². The summed E-state index contributed by atoms with van der Waals surface area (Å²) in [5.41, 5.74) is 0.942. The molecule has 0 saturated carbocycles. The maximum atomic E-state index is 13.5. The number of halogens is 6. The molecule has 2 N–H and O–H groups in total. The molecule has 2 aromatic heterocycles. The maximum absolute atomic E-state index is 13.5. The number of amides is 2. The molecule has 2 aromatic carbocycles. The summed E-state index contributed by atoms with van der Waals surface area (Å²) >= 11 is 18.8. The minimum Gasteiger partial charge on any atom is -0.355 e. The van der Waals surface area contributed by atoms with Gasteiger partial charge in [-0.3, -0.25) is 9.59 Å². The third-order valence-electron chi connectivity index (χ3n) is 5.16. The van der Waals surface area contributed by atoms with Crippen molar-refractivity contribution >= 4 is 52.3 Å². The number of aryl methyl sites for hydroxylation is 1. The van der Waals surface area contributed by atoms with Crippen molar-refractivity contribution in [1.29, 1.82) is 0 Å². The number of alkyl halides is 3. The van der Waals surface area contributed by atoms with Gasteiger partial charge < -0.3 is 10.6 Å². The van der Waals surface area contributed by atoms with Gasteiger partial charge in [0, 0.05) is 12.1 Å². The Labute approximate surface area is 227 Å². The molecule has 0 aliphatic heterocycles. The third-order valence-corrected chi connectivity index (χ3v) is 5.99. The molecule has 0 aliphatic carbocycles. The van der Waals surface area contributed by atoms with Gasteiger partial charge in [0.1, 0.15) is 17.9 Å². The van der Waals surface area contributed by atoms with E-state index in [9.17, 15) is 22.8 Å². The van der Waals surface area contributed by atoms with Crippen LogP contribution in [0.2, 0.25) is 15.1 Å². The van der Waals surface area contributed by atoms with Crippen LogP contribution in [0.5, 0.6) is 0 Å². The molecule has 0 spiro atoms. The molecule has 4 rings (SSSR count). The molecule has 198 valence electrons. The van der Waals surface area contributed by atoms with Crippen molar-refractivity contribution in [1.82, 2.24) is 35.3 Å². The first-order valence-electron chi connectivity index (χ1n) is 10.6. The topological polar surface area (TPSA) is 120 Å². The average Bonchev–Trinajstić information content (AvgIpc) is 3.48. The van der Waals surface area contributed by atoms with Crippen LogP contribution in [-0.2, 0) is 12.7 Å². The Bertz CT molecular complexity index is 1530. The molecule has 2 heterocycles. The number of nitrogens with zero attached hydrogens (tertiary/aromatic N) is 6. The van der Waals surface area contributed by atoms with Crippen LogP contribution >= 0.6 is 34.8 Å². The van der Waals surface area contributed by atoms with E-state index < -0.39 is 23.8 Å². The molecule has 0 atom stereocenters. The molecule has 0 radical (unpaired) electrons. The molecule has 0 bridgehead atoms. The molecule has 0 saturated heterocycles. The summed E-state index contributed by atoms with van der Waals surface area (Å²) in [5, 5.41) is 19.8. The van der Waals surface area contributed by atoms with Gasteiger partial charge in [-0.2, -0.15) is 23.1 Å². The van der Waals surface area contributed by atoms with Crippen LogP contribution in [0.15, 0.2) is 36.4 Å². The predicted molar refractivity (Wildman–Crippen MR) is 133 cm³/mol. The summed E-state index contributed by atoms with van der Waals surface area (Å²) in [5.74, 6) is -2.64. The molecule has 2 amide bonds. The van der Waals surface area contributed by atoms with E-state index in [0.717, 1.165) is 4.68 Å². The van der Waals surface area contributed by atoms with Crippen molar-refractivity contribution in [3.63, 3.8) is 0 Å². The zero-order valence-corrected chi connectivity index (χ0v) is 21.7. The lowest BCUT2D eigenvalue weighted by Crippen LogP contribution is -2.23. The minimum atomic E-state index is -4.79. The fourth-order valence-corrected chi connectivity index (χ4v) is 4.33. The van der Waals surface area contributed by atoms with Crippen molar-refractivity contribution < 1.29 is 22.8 Å². The largest absolute Gasteiger partial charge is 0.455 e. The van der Waals surface area contributed by atoms with Gasteiger partial charge in [-0.05, 0) is 48.0 Å². The highest BCUT2D eigenvalue weighted by molar-refractivity contribution is 6.37. The zero-order valence-electron chi connectivity index (χ0n) is 19.4. The molecule has 0 aliphatic rings. The van der Waals surface area contributed by atoms with Gasteiger partial charge in [0.2, 0.25) is 0 Å². The summed E-state index contributed by atoms with van der Waals surface area (Å²) in [7, 11) is 1.42. The Balaban J connectivity index is 1.78. The van der Waals surface area contributed by atoms with E-state index in [4.69, 9.17) is 34.8 Å². The molecule has 4 aromatic rings. The van der Waals surface area contributed by atoms with Gasteiger partial charge >= 0.3 is 6.18 Å². The van der Waals surface area contributed by atoms with Crippen molar-refractivity contribution in [3.8, 4) is 5.69 Å². The number of nitrogens with one attached hydrogen (secondary N) is 2. The number of rotatable bonds is 6. The van der Waals surface area contributed by atoms with Crippen molar-refractivity contribution in [2.45, 2.75) is 19.6 Å². The highest BCUT2D eigenvalue weighted by atomic mass is 35.5. The fraction of sp³-hybridized carbons (Fsp3) is 0.182. The number of carbonyl (C=O) groups excluding carboxylic acids is 2. The van der Waals surface area contributed by atoms with E-state index in [2.05, 4.69) is 31.1 Å². The zero-order chi connectivity index (χ0) is 27.8. The van der Waals surface area contributed by atoms with E-state index in [1.54, 1.807) is 19.1 Å². The van der Waals surface area contributed by atoms with Gasteiger partial charge in [0.05, 0.1) is 27.0 Å². The van der Waals surface area contributed by atoms with Crippen molar-refractivity contribution in [2.75, 3.05) is 12.4 Å². The van der Waals surface area contributed by atoms with Gasteiger partial charge in [0.15, 0.2) is 0 Å². The van der Waals surface area contributed by atoms with Crippen LogP contribution in [0.1, 0.15) is 37.9 Å². The number of aromatic nitrogens is 6. The van der Waals surface area contributed by atoms with Crippen molar-refractivity contribution in [3.05, 3.63) is 79.8 Å². The van der Waals surface area contributed by atoms with Gasteiger partial charge in [-0.15, -0.1) is 10.2 Å². The van der Waals surface area contributed by atoms with Crippen LogP contribution in [-0.4, -0.2) is 48.8 Å².